The van der Waals surface area contributed by atoms with E-state index in [0.717, 1.165) is 10.1 Å². The van der Waals surface area contributed by atoms with Gasteiger partial charge in [-0.05, 0) is 5.56 Å². The van der Waals surface area contributed by atoms with E-state index in [2.05, 4.69) is 4.98 Å². The van der Waals surface area contributed by atoms with Gasteiger partial charge in [0.15, 0.2) is 0 Å². The zero-order valence-electron chi connectivity index (χ0n) is 13.8. The van der Waals surface area contributed by atoms with Crippen molar-refractivity contribution in [1.29, 1.82) is 0 Å². The molecule has 0 aliphatic carbocycles. The second kappa shape index (κ2) is 7.71. The van der Waals surface area contributed by atoms with Crippen molar-refractivity contribution in [1.82, 2.24) is 19.4 Å². The van der Waals surface area contributed by atoms with Gasteiger partial charge in [0.1, 0.15) is 11.9 Å². The van der Waals surface area contributed by atoms with Crippen LogP contribution in [0.1, 0.15) is 24.0 Å². The van der Waals surface area contributed by atoms with Crippen LogP contribution >= 0.6 is 0 Å². The lowest BCUT2D eigenvalue weighted by Crippen LogP contribution is -2.50. The third kappa shape index (κ3) is 4.02. The first kappa shape index (κ1) is 17.5. The van der Waals surface area contributed by atoms with Crippen LogP contribution < -0.4 is 5.73 Å². The summed E-state index contributed by atoms with van der Waals surface area (Å²) in [6, 6.07) is 8.58. The Morgan fingerprint density at radius 2 is 1.84 bits per heavy atom. The molecule has 2 N–H and O–H groups in total. The van der Waals surface area contributed by atoms with E-state index in [1.54, 1.807) is 4.90 Å². The van der Waals surface area contributed by atoms with E-state index < -0.39 is 12.6 Å². The largest absolute Gasteiger partial charge is 0.338 e. The van der Waals surface area contributed by atoms with Crippen molar-refractivity contribution in [3.8, 4) is 0 Å². The third-order valence-electron chi connectivity index (χ3n) is 4.43. The number of benzene rings is 1. The van der Waals surface area contributed by atoms with Crippen LogP contribution in [0.3, 0.4) is 0 Å². The number of hydrogen-bond donors (Lipinski definition) is 1. The minimum atomic E-state index is -2.59. The molecule has 0 saturated carbocycles. The molecular weight excluding hydrogens is 328 g/mol. The molecule has 1 saturated heterocycles. The predicted molar refractivity (Wildman–Crippen MR) is 88.7 cm³/mol. The van der Waals surface area contributed by atoms with Crippen molar-refractivity contribution in [2.45, 2.75) is 19.1 Å². The van der Waals surface area contributed by atoms with Gasteiger partial charge in [0.2, 0.25) is 5.91 Å². The fourth-order valence-corrected chi connectivity index (χ4v) is 2.97. The van der Waals surface area contributed by atoms with E-state index in [-0.39, 0.29) is 5.91 Å². The van der Waals surface area contributed by atoms with Gasteiger partial charge in [-0.15, -0.1) is 0 Å². The average Bonchev–Trinajstić information content (AvgIpc) is 3.10. The Bertz CT molecular complexity index is 698. The number of rotatable bonds is 5. The van der Waals surface area contributed by atoms with E-state index in [1.165, 1.54) is 12.4 Å². The number of nitrogens with zero attached hydrogens (tertiary/aromatic N) is 4. The molecule has 0 radical (unpaired) electrons. The van der Waals surface area contributed by atoms with Gasteiger partial charge in [0.25, 0.3) is 0 Å². The van der Waals surface area contributed by atoms with E-state index in [1.807, 2.05) is 35.2 Å². The first-order chi connectivity index (χ1) is 12.1. The van der Waals surface area contributed by atoms with E-state index in [0.29, 0.717) is 38.5 Å². The molecule has 2 aromatic rings. The second-order valence-corrected chi connectivity index (χ2v) is 6.02. The van der Waals surface area contributed by atoms with Crippen molar-refractivity contribution in [2.24, 2.45) is 5.73 Å². The Hall–Kier alpha value is -2.32. The number of halogens is 2. The van der Waals surface area contributed by atoms with Crippen LogP contribution in [0.4, 0.5) is 8.78 Å². The highest BCUT2D eigenvalue weighted by Gasteiger charge is 2.26. The number of imidazole rings is 1. The molecule has 1 atom stereocenters. The summed E-state index contributed by atoms with van der Waals surface area (Å²) < 4.78 is 26.6. The van der Waals surface area contributed by atoms with Gasteiger partial charge in [0, 0.05) is 38.6 Å². The number of amides is 1. The first-order valence-electron chi connectivity index (χ1n) is 8.18. The second-order valence-electron chi connectivity index (χ2n) is 6.02. The smallest absolute Gasteiger partial charge is 0.319 e. The molecular formula is C17H21F2N5O. The number of piperazine rings is 1. The SMILES string of the molecule is N[C@@H](C(=O)N1CCN(Cc2nccn2C(F)F)CC1)c1ccccc1. The molecule has 3 rings (SSSR count). The molecule has 25 heavy (non-hydrogen) atoms. The number of carbonyl (C=O) groups excluding carboxylic acids is 1. The molecule has 1 fully saturated rings. The molecule has 0 unspecified atom stereocenters. The molecule has 0 spiro atoms. The van der Waals surface area contributed by atoms with Crippen LogP contribution in [0, 0.1) is 0 Å². The van der Waals surface area contributed by atoms with Crippen molar-refractivity contribution in [3.05, 3.63) is 54.1 Å². The van der Waals surface area contributed by atoms with E-state index in [9.17, 15) is 13.6 Å². The van der Waals surface area contributed by atoms with Crippen molar-refractivity contribution in [2.75, 3.05) is 26.2 Å². The monoisotopic (exact) mass is 349 g/mol. The van der Waals surface area contributed by atoms with Crippen LogP contribution in [-0.4, -0.2) is 51.4 Å². The normalized spacial score (nSPS) is 17.0. The van der Waals surface area contributed by atoms with Gasteiger partial charge in [-0.25, -0.2) is 4.98 Å². The maximum atomic E-state index is 12.9. The summed E-state index contributed by atoms with van der Waals surface area (Å²) in [5.41, 5.74) is 6.85. The Labute approximate surface area is 144 Å². The van der Waals surface area contributed by atoms with E-state index >= 15 is 0 Å². The van der Waals surface area contributed by atoms with Crippen LogP contribution in [0.5, 0.6) is 0 Å². The van der Waals surface area contributed by atoms with Gasteiger partial charge in [0.05, 0.1) is 6.54 Å². The van der Waals surface area contributed by atoms with Crippen LogP contribution in [-0.2, 0) is 11.3 Å². The zero-order chi connectivity index (χ0) is 17.8. The molecule has 2 heterocycles. The van der Waals surface area contributed by atoms with Crippen molar-refractivity contribution >= 4 is 5.91 Å². The summed E-state index contributed by atoms with van der Waals surface area (Å²) in [6.07, 6.45) is 2.65. The molecule has 1 aromatic carbocycles. The molecule has 1 aliphatic rings. The molecule has 1 amide bonds. The molecule has 8 heteroatoms. The summed E-state index contributed by atoms with van der Waals surface area (Å²) in [7, 11) is 0. The standard InChI is InChI=1S/C17H21F2N5O/c18-17(19)24-7-6-21-14(24)12-22-8-10-23(11-9-22)16(25)15(20)13-4-2-1-3-5-13/h1-7,15,17H,8-12,20H2/t15-/m1/s1. The van der Waals surface area contributed by atoms with E-state index in [4.69, 9.17) is 5.73 Å². The summed E-state index contributed by atoms with van der Waals surface area (Å²) >= 11 is 0. The minimum Gasteiger partial charge on any atom is -0.338 e. The first-order valence-corrected chi connectivity index (χ1v) is 8.18. The highest BCUT2D eigenvalue weighted by Crippen LogP contribution is 2.17. The predicted octanol–water partition coefficient (Wildman–Crippen LogP) is 1.62. The number of hydrogen-bond acceptors (Lipinski definition) is 4. The lowest BCUT2D eigenvalue weighted by molar-refractivity contribution is -0.134. The van der Waals surface area contributed by atoms with Gasteiger partial charge in [-0.1, -0.05) is 30.3 Å². The quantitative estimate of drug-likeness (QED) is 0.891. The number of alkyl halides is 2. The highest BCUT2D eigenvalue weighted by atomic mass is 19.3. The fraction of sp³-hybridized carbons (Fsp3) is 0.412. The van der Waals surface area contributed by atoms with Crippen LogP contribution in [0.2, 0.25) is 0 Å². The zero-order valence-corrected chi connectivity index (χ0v) is 13.8. The Balaban J connectivity index is 1.55. The third-order valence-corrected chi connectivity index (χ3v) is 4.43. The van der Waals surface area contributed by atoms with Crippen molar-refractivity contribution in [3.63, 3.8) is 0 Å². The summed E-state index contributed by atoms with van der Waals surface area (Å²) in [4.78, 5) is 20.3. The topological polar surface area (TPSA) is 67.4 Å². The summed E-state index contributed by atoms with van der Waals surface area (Å²) in [6.45, 7) is -0.00965. The van der Waals surface area contributed by atoms with Crippen molar-refractivity contribution < 1.29 is 13.6 Å². The van der Waals surface area contributed by atoms with Crippen LogP contribution in [0.15, 0.2) is 42.7 Å². The Kier molecular flexibility index (Phi) is 5.40. The number of carbonyl (C=O) groups is 1. The Morgan fingerprint density at radius 3 is 2.48 bits per heavy atom. The Morgan fingerprint density at radius 1 is 1.16 bits per heavy atom. The molecule has 0 bridgehead atoms. The van der Waals surface area contributed by atoms with Gasteiger partial charge < -0.3 is 10.6 Å². The van der Waals surface area contributed by atoms with Gasteiger partial charge in [-0.3, -0.25) is 14.3 Å². The molecule has 1 aromatic heterocycles. The summed E-state index contributed by atoms with van der Waals surface area (Å²) in [5, 5.41) is 0. The number of aromatic nitrogens is 2. The van der Waals surface area contributed by atoms with Gasteiger partial charge in [-0.2, -0.15) is 8.78 Å². The molecule has 134 valence electrons. The fourth-order valence-electron chi connectivity index (χ4n) is 2.97. The number of nitrogens with two attached hydrogens (primary N) is 1. The minimum absolute atomic E-state index is 0.111. The summed E-state index contributed by atoms with van der Waals surface area (Å²) in [5.74, 6) is 0.218. The lowest BCUT2D eigenvalue weighted by atomic mass is 10.1. The lowest BCUT2D eigenvalue weighted by Gasteiger charge is -2.35. The van der Waals surface area contributed by atoms with Crippen LogP contribution in [0.25, 0.3) is 0 Å². The highest BCUT2D eigenvalue weighted by molar-refractivity contribution is 5.83. The average molecular weight is 349 g/mol. The molecule has 1 aliphatic heterocycles. The maximum Gasteiger partial charge on any atom is 0.319 e. The maximum absolute atomic E-state index is 12.9. The van der Waals surface area contributed by atoms with Gasteiger partial charge >= 0.3 is 6.55 Å². The molecule has 6 nitrogen and oxygen atoms in total.